The Morgan fingerprint density at radius 1 is 1.31 bits per heavy atom. The maximum atomic E-state index is 11.7. The van der Waals surface area contributed by atoms with Gasteiger partial charge in [-0.2, -0.15) is 0 Å². The minimum Gasteiger partial charge on any atom is -0.348 e. The Morgan fingerprint density at radius 2 is 2.06 bits per heavy atom. The highest BCUT2D eigenvalue weighted by Gasteiger charge is 2.06. The summed E-state index contributed by atoms with van der Waals surface area (Å²) in [5.74, 6) is -0.0111. The van der Waals surface area contributed by atoms with Crippen molar-refractivity contribution in [1.82, 2.24) is 5.32 Å². The lowest BCUT2D eigenvalue weighted by Crippen LogP contribution is -2.22. The lowest BCUT2D eigenvalue weighted by molar-refractivity contribution is 0.0951. The van der Waals surface area contributed by atoms with E-state index in [1.54, 1.807) is 11.3 Å². The largest absolute Gasteiger partial charge is 0.348 e. The standard InChI is InChI=1S/C12H10INOS/c13-11-6-10(8-16-11)12(15)14-7-9-4-2-1-3-5-9/h1-6,8H,7H2,(H,14,15). The van der Waals surface area contributed by atoms with Gasteiger partial charge >= 0.3 is 0 Å². The van der Waals surface area contributed by atoms with E-state index in [0.717, 1.165) is 14.0 Å². The lowest BCUT2D eigenvalue weighted by atomic mass is 10.2. The van der Waals surface area contributed by atoms with Crippen molar-refractivity contribution in [2.45, 2.75) is 6.54 Å². The van der Waals surface area contributed by atoms with E-state index in [1.165, 1.54) is 0 Å². The van der Waals surface area contributed by atoms with Gasteiger partial charge in [0.2, 0.25) is 0 Å². The molecule has 0 aliphatic heterocycles. The van der Waals surface area contributed by atoms with Crippen molar-refractivity contribution >= 4 is 39.8 Å². The number of carbonyl (C=O) groups is 1. The first-order chi connectivity index (χ1) is 7.75. The zero-order chi connectivity index (χ0) is 11.4. The number of hydrogen-bond donors (Lipinski definition) is 1. The van der Waals surface area contributed by atoms with Crippen molar-refractivity contribution in [3.8, 4) is 0 Å². The van der Waals surface area contributed by atoms with Gasteiger partial charge in [0.15, 0.2) is 0 Å². The van der Waals surface area contributed by atoms with Gasteiger partial charge in [-0.1, -0.05) is 30.3 Å². The zero-order valence-corrected chi connectivity index (χ0v) is 11.4. The van der Waals surface area contributed by atoms with Gasteiger partial charge in [0.05, 0.1) is 8.45 Å². The first-order valence-electron chi connectivity index (χ1n) is 4.82. The maximum absolute atomic E-state index is 11.7. The summed E-state index contributed by atoms with van der Waals surface area (Å²) in [5, 5.41) is 4.77. The van der Waals surface area contributed by atoms with Crippen LogP contribution in [0.3, 0.4) is 0 Å². The van der Waals surface area contributed by atoms with Crippen LogP contribution < -0.4 is 5.32 Å². The molecule has 0 radical (unpaired) electrons. The Labute approximate surface area is 112 Å². The second-order valence-electron chi connectivity index (χ2n) is 3.31. The fourth-order valence-corrected chi connectivity index (χ4v) is 2.64. The summed E-state index contributed by atoms with van der Waals surface area (Å²) in [6, 6.07) is 11.8. The number of hydrogen-bond acceptors (Lipinski definition) is 2. The van der Waals surface area contributed by atoms with Gasteiger partial charge < -0.3 is 5.32 Å². The maximum Gasteiger partial charge on any atom is 0.252 e. The van der Waals surface area contributed by atoms with Crippen LogP contribution in [0.4, 0.5) is 0 Å². The first-order valence-corrected chi connectivity index (χ1v) is 6.78. The molecule has 1 amide bonds. The molecule has 1 heterocycles. The van der Waals surface area contributed by atoms with Crippen LogP contribution >= 0.6 is 33.9 Å². The summed E-state index contributed by atoms with van der Waals surface area (Å²) in [7, 11) is 0. The smallest absolute Gasteiger partial charge is 0.252 e. The van der Waals surface area contributed by atoms with E-state index in [4.69, 9.17) is 0 Å². The molecule has 1 aromatic carbocycles. The Bertz CT molecular complexity index is 481. The summed E-state index contributed by atoms with van der Waals surface area (Å²) < 4.78 is 1.13. The van der Waals surface area contributed by atoms with Gasteiger partial charge in [-0.05, 0) is 34.2 Å². The molecular weight excluding hydrogens is 333 g/mol. The predicted molar refractivity (Wildman–Crippen MR) is 74.6 cm³/mol. The molecule has 16 heavy (non-hydrogen) atoms. The Morgan fingerprint density at radius 3 is 2.69 bits per heavy atom. The molecule has 82 valence electrons. The molecule has 0 unspecified atom stereocenters. The normalized spacial score (nSPS) is 10.1. The van der Waals surface area contributed by atoms with E-state index in [1.807, 2.05) is 41.8 Å². The zero-order valence-electron chi connectivity index (χ0n) is 8.44. The van der Waals surface area contributed by atoms with Gasteiger partial charge in [0, 0.05) is 11.9 Å². The molecule has 0 saturated carbocycles. The fourth-order valence-electron chi connectivity index (χ4n) is 1.31. The first kappa shape index (κ1) is 11.6. The summed E-state index contributed by atoms with van der Waals surface area (Å²) >= 11 is 3.79. The quantitative estimate of drug-likeness (QED) is 0.852. The van der Waals surface area contributed by atoms with Gasteiger partial charge in [-0.25, -0.2) is 0 Å². The van der Waals surface area contributed by atoms with Crippen LogP contribution in [0.15, 0.2) is 41.8 Å². The van der Waals surface area contributed by atoms with E-state index >= 15 is 0 Å². The van der Waals surface area contributed by atoms with Crippen LogP contribution in [0.25, 0.3) is 0 Å². The van der Waals surface area contributed by atoms with Crippen molar-refractivity contribution in [2.75, 3.05) is 0 Å². The number of halogens is 1. The third-order valence-electron chi connectivity index (χ3n) is 2.13. The molecule has 1 aromatic heterocycles. The van der Waals surface area contributed by atoms with E-state index < -0.39 is 0 Å². The van der Waals surface area contributed by atoms with Crippen LogP contribution in [0.1, 0.15) is 15.9 Å². The van der Waals surface area contributed by atoms with Crippen LogP contribution in [0, 0.1) is 2.88 Å². The third-order valence-corrected chi connectivity index (χ3v) is 3.91. The number of carbonyl (C=O) groups excluding carboxylic acids is 1. The predicted octanol–water partition coefficient (Wildman–Crippen LogP) is 3.28. The van der Waals surface area contributed by atoms with Gasteiger partial charge in [-0.15, -0.1) is 11.3 Å². The molecule has 0 spiro atoms. The minimum atomic E-state index is -0.0111. The van der Waals surface area contributed by atoms with Crippen molar-refractivity contribution in [2.24, 2.45) is 0 Å². The summed E-state index contributed by atoms with van der Waals surface area (Å²) in [6.07, 6.45) is 0. The fraction of sp³-hybridized carbons (Fsp3) is 0.0833. The highest BCUT2D eigenvalue weighted by molar-refractivity contribution is 14.1. The molecule has 2 nitrogen and oxygen atoms in total. The second-order valence-corrected chi connectivity index (χ2v) is 6.11. The molecule has 0 aliphatic carbocycles. The Hall–Kier alpha value is -0.880. The molecule has 0 aliphatic rings. The monoisotopic (exact) mass is 343 g/mol. The van der Waals surface area contributed by atoms with Crippen LogP contribution in [0.5, 0.6) is 0 Å². The van der Waals surface area contributed by atoms with Crippen LogP contribution in [-0.2, 0) is 6.54 Å². The van der Waals surface area contributed by atoms with Crippen LogP contribution in [-0.4, -0.2) is 5.91 Å². The van der Waals surface area contributed by atoms with Gasteiger partial charge in [-0.3, -0.25) is 4.79 Å². The van der Waals surface area contributed by atoms with E-state index in [-0.39, 0.29) is 5.91 Å². The molecular formula is C12H10INOS. The molecule has 2 aromatic rings. The number of amides is 1. The summed E-state index contributed by atoms with van der Waals surface area (Å²) in [4.78, 5) is 11.7. The van der Waals surface area contributed by atoms with Crippen molar-refractivity contribution in [3.63, 3.8) is 0 Å². The molecule has 0 fully saturated rings. The molecule has 0 bridgehead atoms. The molecule has 4 heteroatoms. The van der Waals surface area contributed by atoms with Crippen LogP contribution in [0.2, 0.25) is 0 Å². The molecule has 2 rings (SSSR count). The molecule has 0 saturated heterocycles. The summed E-state index contributed by atoms with van der Waals surface area (Å²) in [6.45, 7) is 0.575. The second kappa shape index (κ2) is 5.45. The Balaban J connectivity index is 1.94. The molecule has 0 atom stereocenters. The minimum absolute atomic E-state index is 0.0111. The lowest BCUT2D eigenvalue weighted by Gasteiger charge is -2.03. The average Bonchev–Trinajstić information content (AvgIpc) is 2.74. The number of thiophene rings is 1. The topological polar surface area (TPSA) is 29.1 Å². The number of rotatable bonds is 3. The highest BCUT2D eigenvalue weighted by Crippen LogP contribution is 2.16. The Kier molecular flexibility index (Phi) is 3.95. The molecule has 1 N–H and O–H groups in total. The van der Waals surface area contributed by atoms with Crippen molar-refractivity contribution < 1.29 is 4.79 Å². The SMILES string of the molecule is O=C(NCc1ccccc1)c1csc(I)c1. The van der Waals surface area contributed by atoms with E-state index in [9.17, 15) is 4.79 Å². The van der Waals surface area contributed by atoms with Crippen molar-refractivity contribution in [3.05, 3.63) is 55.8 Å². The van der Waals surface area contributed by atoms with Crippen molar-refractivity contribution in [1.29, 1.82) is 0 Å². The number of nitrogens with one attached hydrogen (secondary N) is 1. The third kappa shape index (κ3) is 3.05. The number of benzene rings is 1. The van der Waals surface area contributed by atoms with E-state index in [2.05, 4.69) is 27.9 Å². The van der Waals surface area contributed by atoms with E-state index in [0.29, 0.717) is 6.54 Å². The van der Waals surface area contributed by atoms with Gasteiger partial charge in [0.25, 0.3) is 5.91 Å². The average molecular weight is 343 g/mol. The van der Waals surface area contributed by atoms with Gasteiger partial charge in [0.1, 0.15) is 0 Å². The summed E-state index contributed by atoms with van der Waals surface area (Å²) in [5.41, 5.74) is 1.85. The highest BCUT2D eigenvalue weighted by atomic mass is 127.